The van der Waals surface area contributed by atoms with Crippen molar-refractivity contribution >= 4 is 17.5 Å². The summed E-state index contributed by atoms with van der Waals surface area (Å²) in [6.07, 6.45) is 4.96. The van der Waals surface area contributed by atoms with Crippen LogP contribution in [-0.4, -0.2) is 23.1 Å². The Hall–Kier alpha value is -3.08. The highest BCUT2D eigenvalue weighted by molar-refractivity contribution is 5.66. The van der Waals surface area contributed by atoms with Crippen LogP contribution in [-0.2, 0) is 0 Å². The Kier molecular flexibility index (Phi) is 5.19. The molecule has 0 radical (unpaired) electrons. The van der Waals surface area contributed by atoms with Crippen molar-refractivity contribution in [3.63, 3.8) is 0 Å². The molecule has 0 saturated heterocycles. The zero-order chi connectivity index (χ0) is 18.5. The van der Waals surface area contributed by atoms with Crippen molar-refractivity contribution in [1.82, 2.24) is 9.97 Å². The van der Waals surface area contributed by atoms with Crippen molar-refractivity contribution in [1.29, 1.82) is 0 Å². The molecule has 2 N–H and O–H groups in total. The van der Waals surface area contributed by atoms with E-state index in [0.29, 0.717) is 12.0 Å². The smallest absolute Gasteiger partial charge is 0.229 e. The van der Waals surface area contributed by atoms with E-state index in [0.717, 1.165) is 28.5 Å². The van der Waals surface area contributed by atoms with Gasteiger partial charge in [0.05, 0.1) is 12.8 Å². The average Bonchev–Trinajstić information content (AvgIpc) is 3.21. The standard InChI is InChI=1S/C22H24N4O/c1-27-19-13-7-12-18(14-19)24-22-25-20(16-8-3-2-4-9-16)15-21(26-22)23-17-10-5-6-11-17/h2-4,7-9,12-15,17H,5-6,10-11H2,1H3,(H2,23,24,25,26). The molecule has 2 aromatic carbocycles. The summed E-state index contributed by atoms with van der Waals surface area (Å²) in [5.41, 5.74) is 2.87. The fraction of sp³-hybridized carbons (Fsp3) is 0.273. The number of methoxy groups -OCH3 is 1. The number of nitrogens with zero attached hydrogens (tertiary/aromatic N) is 2. The molecule has 1 saturated carbocycles. The lowest BCUT2D eigenvalue weighted by Crippen LogP contribution is -2.16. The number of aromatic nitrogens is 2. The molecule has 3 aromatic rings. The van der Waals surface area contributed by atoms with E-state index in [1.807, 2.05) is 48.5 Å². The second-order valence-corrected chi connectivity index (χ2v) is 6.81. The summed E-state index contributed by atoms with van der Waals surface area (Å²) >= 11 is 0. The first-order valence-corrected chi connectivity index (χ1v) is 9.42. The van der Waals surface area contributed by atoms with Gasteiger partial charge in [-0.25, -0.2) is 4.98 Å². The second-order valence-electron chi connectivity index (χ2n) is 6.81. The molecule has 0 unspecified atom stereocenters. The first-order chi connectivity index (χ1) is 13.3. The first-order valence-electron chi connectivity index (χ1n) is 9.42. The number of benzene rings is 2. The maximum Gasteiger partial charge on any atom is 0.229 e. The van der Waals surface area contributed by atoms with Crippen LogP contribution in [0, 0.1) is 0 Å². The first kappa shape index (κ1) is 17.3. The Bertz CT molecular complexity index is 892. The minimum Gasteiger partial charge on any atom is -0.497 e. The van der Waals surface area contributed by atoms with Crippen LogP contribution in [0.2, 0.25) is 0 Å². The van der Waals surface area contributed by atoms with Crippen molar-refractivity contribution in [2.75, 3.05) is 17.7 Å². The van der Waals surface area contributed by atoms with Gasteiger partial charge in [0.15, 0.2) is 0 Å². The highest BCUT2D eigenvalue weighted by atomic mass is 16.5. The van der Waals surface area contributed by atoms with Gasteiger partial charge in [0.1, 0.15) is 11.6 Å². The van der Waals surface area contributed by atoms with Crippen LogP contribution >= 0.6 is 0 Å². The molecule has 1 aromatic heterocycles. The Balaban J connectivity index is 1.66. The summed E-state index contributed by atoms with van der Waals surface area (Å²) in [6, 6.07) is 20.5. The zero-order valence-electron chi connectivity index (χ0n) is 15.5. The largest absolute Gasteiger partial charge is 0.497 e. The fourth-order valence-electron chi connectivity index (χ4n) is 3.44. The van der Waals surface area contributed by atoms with Crippen LogP contribution in [0.1, 0.15) is 25.7 Å². The lowest BCUT2D eigenvalue weighted by atomic mass is 10.1. The van der Waals surface area contributed by atoms with Gasteiger partial charge in [0.2, 0.25) is 5.95 Å². The summed E-state index contributed by atoms with van der Waals surface area (Å²) in [4.78, 5) is 9.42. The second kappa shape index (κ2) is 8.08. The van der Waals surface area contributed by atoms with Crippen molar-refractivity contribution in [2.45, 2.75) is 31.7 Å². The van der Waals surface area contributed by atoms with E-state index in [4.69, 9.17) is 14.7 Å². The normalized spacial score (nSPS) is 14.1. The van der Waals surface area contributed by atoms with Crippen LogP contribution in [0.25, 0.3) is 11.3 Å². The van der Waals surface area contributed by atoms with Crippen molar-refractivity contribution in [3.05, 3.63) is 60.7 Å². The number of hydrogen-bond acceptors (Lipinski definition) is 5. The molecule has 1 fully saturated rings. The monoisotopic (exact) mass is 360 g/mol. The Morgan fingerprint density at radius 3 is 2.52 bits per heavy atom. The summed E-state index contributed by atoms with van der Waals surface area (Å²) in [5, 5.41) is 6.90. The van der Waals surface area contributed by atoms with Gasteiger partial charge in [-0.2, -0.15) is 4.98 Å². The van der Waals surface area contributed by atoms with Gasteiger partial charge < -0.3 is 15.4 Å². The highest BCUT2D eigenvalue weighted by Crippen LogP contribution is 2.27. The maximum absolute atomic E-state index is 5.30. The van der Waals surface area contributed by atoms with E-state index in [1.165, 1.54) is 25.7 Å². The van der Waals surface area contributed by atoms with Crippen molar-refractivity contribution in [2.24, 2.45) is 0 Å². The Morgan fingerprint density at radius 2 is 1.74 bits per heavy atom. The van der Waals surface area contributed by atoms with E-state index in [-0.39, 0.29) is 0 Å². The summed E-state index contributed by atoms with van der Waals surface area (Å²) in [6.45, 7) is 0. The van der Waals surface area contributed by atoms with Crippen LogP contribution in [0.15, 0.2) is 60.7 Å². The lowest BCUT2D eigenvalue weighted by molar-refractivity contribution is 0.415. The molecule has 1 heterocycles. The minimum atomic E-state index is 0.494. The number of ether oxygens (including phenoxy) is 1. The summed E-state index contributed by atoms with van der Waals surface area (Å²) < 4.78 is 5.30. The lowest BCUT2D eigenvalue weighted by Gasteiger charge is -2.15. The maximum atomic E-state index is 5.30. The van der Waals surface area contributed by atoms with Crippen LogP contribution in [0.4, 0.5) is 17.5 Å². The predicted octanol–water partition coefficient (Wildman–Crippen LogP) is 5.25. The van der Waals surface area contributed by atoms with E-state index in [9.17, 15) is 0 Å². The van der Waals surface area contributed by atoms with Gasteiger partial charge in [-0.3, -0.25) is 0 Å². The summed E-state index contributed by atoms with van der Waals surface area (Å²) in [7, 11) is 1.66. The number of hydrogen-bond donors (Lipinski definition) is 2. The number of rotatable bonds is 6. The highest BCUT2D eigenvalue weighted by Gasteiger charge is 2.16. The minimum absolute atomic E-state index is 0.494. The molecule has 138 valence electrons. The molecule has 5 nitrogen and oxygen atoms in total. The third-order valence-corrected chi connectivity index (χ3v) is 4.83. The molecule has 0 spiro atoms. The van der Waals surface area contributed by atoms with Crippen molar-refractivity contribution < 1.29 is 4.74 Å². The van der Waals surface area contributed by atoms with E-state index < -0.39 is 0 Å². The molecule has 1 aliphatic carbocycles. The zero-order valence-corrected chi connectivity index (χ0v) is 15.5. The molecule has 27 heavy (non-hydrogen) atoms. The third kappa shape index (κ3) is 4.37. The molecule has 0 bridgehead atoms. The van der Waals surface area contributed by atoms with E-state index >= 15 is 0 Å². The predicted molar refractivity (Wildman–Crippen MR) is 110 cm³/mol. The van der Waals surface area contributed by atoms with Crippen molar-refractivity contribution in [3.8, 4) is 17.0 Å². The Labute approximate surface area is 159 Å². The van der Waals surface area contributed by atoms with Gasteiger partial charge in [-0.1, -0.05) is 49.2 Å². The SMILES string of the molecule is COc1cccc(Nc2nc(NC3CCCC3)cc(-c3ccccc3)n2)c1. The molecular weight excluding hydrogens is 336 g/mol. The molecule has 1 aliphatic rings. The third-order valence-electron chi connectivity index (χ3n) is 4.83. The molecule has 0 aliphatic heterocycles. The fourth-order valence-corrected chi connectivity index (χ4v) is 3.44. The topological polar surface area (TPSA) is 59.1 Å². The van der Waals surface area contributed by atoms with Gasteiger partial charge in [0.25, 0.3) is 0 Å². The van der Waals surface area contributed by atoms with E-state index in [1.54, 1.807) is 7.11 Å². The average molecular weight is 360 g/mol. The van der Waals surface area contributed by atoms with Crippen LogP contribution < -0.4 is 15.4 Å². The molecular formula is C22H24N4O. The number of nitrogens with one attached hydrogen (secondary N) is 2. The molecule has 0 amide bonds. The number of anilines is 3. The summed E-state index contributed by atoms with van der Waals surface area (Å²) in [5.74, 6) is 2.23. The van der Waals surface area contributed by atoms with E-state index in [2.05, 4.69) is 22.8 Å². The van der Waals surface area contributed by atoms with Gasteiger partial charge in [-0.15, -0.1) is 0 Å². The van der Waals surface area contributed by atoms with Crippen LogP contribution in [0.5, 0.6) is 5.75 Å². The van der Waals surface area contributed by atoms with Crippen LogP contribution in [0.3, 0.4) is 0 Å². The molecule has 0 atom stereocenters. The quantitative estimate of drug-likeness (QED) is 0.629. The van der Waals surface area contributed by atoms with Gasteiger partial charge >= 0.3 is 0 Å². The molecule has 5 heteroatoms. The molecule has 4 rings (SSSR count). The van der Waals surface area contributed by atoms with Gasteiger partial charge in [0, 0.05) is 29.4 Å². The van der Waals surface area contributed by atoms with Gasteiger partial charge in [-0.05, 0) is 25.0 Å². The Morgan fingerprint density at radius 1 is 0.926 bits per heavy atom.